The van der Waals surface area contributed by atoms with Gasteiger partial charge in [0.05, 0.1) is 6.61 Å². The second kappa shape index (κ2) is 11.1. The van der Waals surface area contributed by atoms with Crippen LogP contribution >= 0.6 is 0 Å². The fraction of sp³-hybridized carbons (Fsp3) is 0.533. The number of nitrogens with one attached hydrogen (secondary N) is 2. The molecule has 0 radical (unpaired) electrons. The van der Waals surface area contributed by atoms with Crippen molar-refractivity contribution in [2.75, 3.05) is 40.5 Å². The van der Waals surface area contributed by atoms with Crippen molar-refractivity contribution >= 4 is 5.96 Å². The van der Waals surface area contributed by atoms with Crippen LogP contribution in [0.4, 0.5) is 0 Å². The first-order valence-corrected chi connectivity index (χ1v) is 6.98. The van der Waals surface area contributed by atoms with Crippen molar-refractivity contribution in [2.45, 2.75) is 12.8 Å². The Balaban J connectivity index is 2.04. The van der Waals surface area contributed by atoms with Gasteiger partial charge in [0, 0.05) is 33.9 Å². The summed E-state index contributed by atoms with van der Waals surface area (Å²) in [5.41, 5.74) is 0. The molecular weight excluding hydrogens is 254 g/mol. The van der Waals surface area contributed by atoms with Crippen molar-refractivity contribution < 1.29 is 9.47 Å². The molecule has 0 saturated carbocycles. The highest BCUT2D eigenvalue weighted by atomic mass is 16.5. The van der Waals surface area contributed by atoms with Gasteiger partial charge in [0.2, 0.25) is 0 Å². The SMILES string of the molecule is CN=C(NCCCOC)NCCCOc1ccccc1. The van der Waals surface area contributed by atoms with Crippen LogP contribution in [0.25, 0.3) is 0 Å². The quantitative estimate of drug-likeness (QED) is 0.410. The molecule has 112 valence electrons. The average Bonchev–Trinajstić information content (AvgIpc) is 2.50. The van der Waals surface area contributed by atoms with E-state index < -0.39 is 0 Å². The standard InChI is InChI=1S/C15H25N3O2/c1-16-15(17-10-6-12-19-2)18-11-7-13-20-14-8-4-3-5-9-14/h3-5,8-9H,6-7,10-13H2,1-2H3,(H2,16,17,18). The van der Waals surface area contributed by atoms with E-state index in [9.17, 15) is 0 Å². The summed E-state index contributed by atoms with van der Waals surface area (Å²) in [6, 6.07) is 9.85. The van der Waals surface area contributed by atoms with Crippen LogP contribution in [0, 0.1) is 0 Å². The molecule has 2 N–H and O–H groups in total. The fourth-order valence-electron chi connectivity index (χ4n) is 1.63. The van der Waals surface area contributed by atoms with E-state index in [1.165, 1.54) is 0 Å². The van der Waals surface area contributed by atoms with Gasteiger partial charge in [0.1, 0.15) is 5.75 Å². The van der Waals surface area contributed by atoms with Crippen LogP contribution in [-0.4, -0.2) is 46.4 Å². The number of nitrogens with zero attached hydrogens (tertiary/aromatic N) is 1. The normalized spacial score (nSPS) is 11.2. The minimum Gasteiger partial charge on any atom is -0.494 e. The molecule has 0 aliphatic carbocycles. The summed E-state index contributed by atoms with van der Waals surface area (Å²) in [7, 11) is 3.48. The second-order valence-electron chi connectivity index (χ2n) is 4.29. The number of guanidine groups is 1. The molecule has 1 aromatic carbocycles. The van der Waals surface area contributed by atoms with Crippen molar-refractivity contribution in [1.82, 2.24) is 10.6 Å². The number of rotatable bonds is 9. The smallest absolute Gasteiger partial charge is 0.190 e. The highest BCUT2D eigenvalue weighted by Crippen LogP contribution is 2.07. The Morgan fingerprint density at radius 1 is 1.05 bits per heavy atom. The molecule has 0 saturated heterocycles. The summed E-state index contributed by atoms with van der Waals surface area (Å²) in [5, 5.41) is 6.48. The van der Waals surface area contributed by atoms with Gasteiger partial charge in [-0.2, -0.15) is 0 Å². The van der Waals surface area contributed by atoms with Gasteiger partial charge in [0.15, 0.2) is 5.96 Å². The van der Waals surface area contributed by atoms with E-state index in [1.54, 1.807) is 14.2 Å². The zero-order valence-corrected chi connectivity index (χ0v) is 12.4. The predicted octanol–water partition coefficient (Wildman–Crippen LogP) is 1.66. The zero-order valence-electron chi connectivity index (χ0n) is 12.4. The zero-order chi connectivity index (χ0) is 14.5. The van der Waals surface area contributed by atoms with Gasteiger partial charge in [-0.15, -0.1) is 0 Å². The fourth-order valence-corrected chi connectivity index (χ4v) is 1.63. The van der Waals surface area contributed by atoms with Gasteiger partial charge in [-0.05, 0) is 25.0 Å². The molecule has 0 aliphatic rings. The largest absolute Gasteiger partial charge is 0.494 e. The molecular formula is C15H25N3O2. The number of hydrogen-bond donors (Lipinski definition) is 2. The minimum atomic E-state index is 0.692. The molecule has 0 aromatic heterocycles. The van der Waals surface area contributed by atoms with Crippen molar-refractivity contribution in [2.24, 2.45) is 4.99 Å². The summed E-state index contributed by atoms with van der Waals surface area (Å²) in [4.78, 5) is 4.15. The van der Waals surface area contributed by atoms with E-state index in [0.29, 0.717) is 6.61 Å². The van der Waals surface area contributed by atoms with Gasteiger partial charge >= 0.3 is 0 Å². The summed E-state index contributed by atoms with van der Waals surface area (Å²) in [6.45, 7) is 3.14. The van der Waals surface area contributed by atoms with Crippen molar-refractivity contribution in [3.8, 4) is 5.75 Å². The number of methoxy groups -OCH3 is 1. The van der Waals surface area contributed by atoms with Gasteiger partial charge in [-0.25, -0.2) is 0 Å². The lowest BCUT2D eigenvalue weighted by Gasteiger charge is -2.12. The van der Waals surface area contributed by atoms with Crippen molar-refractivity contribution in [3.63, 3.8) is 0 Å². The summed E-state index contributed by atoms with van der Waals surface area (Å²) in [6.07, 6.45) is 1.89. The Morgan fingerprint density at radius 3 is 2.30 bits per heavy atom. The Morgan fingerprint density at radius 2 is 1.70 bits per heavy atom. The van der Waals surface area contributed by atoms with Crippen LogP contribution in [0.5, 0.6) is 5.75 Å². The van der Waals surface area contributed by atoms with Gasteiger partial charge in [-0.3, -0.25) is 4.99 Å². The Hall–Kier alpha value is -1.75. The molecule has 5 nitrogen and oxygen atoms in total. The number of ether oxygens (including phenoxy) is 2. The Bertz CT molecular complexity index is 369. The first-order valence-electron chi connectivity index (χ1n) is 6.98. The molecule has 0 aliphatic heterocycles. The molecule has 1 rings (SSSR count). The van der Waals surface area contributed by atoms with Crippen molar-refractivity contribution in [1.29, 1.82) is 0 Å². The van der Waals surface area contributed by atoms with E-state index in [4.69, 9.17) is 9.47 Å². The number of para-hydroxylation sites is 1. The topological polar surface area (TPSA) is 54.9 Å². The predicted molar refractivity (Wildman–Crippen MR) is 82.4 cm³/mol. The molecule has 0 amide bonds. The summed E-state index contributed by atoms with van der Waals surface area (Å²) < 4.78 is 10.6. The molecule has 20 heavy (non-hydrogen) atoms. The van der Waals surface area contributed by atoms with Crippen LogP contribution in [0.3, 0.4) is 0 Å². The van der Waals surface area contributed by atoms with Crippen molar-refractivity contribution in [3.05, 3.63) is 30.3 Å². The third-order valence-electron chi connectivity index (χ3n) is 2.67. The highest BCUT2D eigenvalue weighted by Gasteiger charge is 1.97. The molecule has 0 fully saturated rings. The summed E-state index contributed by atoms with van der Waals surface area (Å²) in [5.74, 6) is 1.73. The molecule has 0 bridgehead atoms. The van der Waals surface area contributed by atoms with E-state index >= 15 is 0 Å². The van der Waals surface area contributed by atoms with Crippen LogP contribution < -0.4 is 15.4 Å². The molecule has 5 heteroatoms. The highest BCUT2D eigenvalue weighted by molar-refractivity contribution is 5.79. The van der Waals surface area contributed by atoms with E-state index in [0.717, 1.165) is 44.2 Å². The third-order valence-corrected chi connectivity index (χ3v) is 2.67. The molecule has 0 spiro atoms. The number of aliphatic imine (C=N–C) groups is 1. The minimum absolute atomic E-state index is 0.692. The lowest BCUT2D eigenvalue weighted by Crippen LogP contribution is -2.38. The average molecular weight is 279 g/mol. The molecule has 0 unspecified atom stereocenters. The second-order valence-corrected chi connectivity index (χ2v) is 4.29. The molecule has 0 heterocycles. The molecule has 0 atom stereocenters. The van der Waals surface area contributed by atoms with Crippen LogP contribution in [0.2, 0.25) is 0 Å². The molecule has 1 aromatic rings. The monoisotopic (exact) mass is 279 g/mol. The van der Waals surface area contributed by atoms with Crippen LogP contribution in [0.1, 0.15) is 12.8 Å². The van der Waals surface area contributed by atoms with Gasteiger partial charge in [0.25, 0.3) is 0 Å². The maximum Gasteiger partial charge on any atom is 0.190 e. The number of hydrogen-bond acceptors (Lipinski definition) is 3. The van der Waals surface area contributed by atoms with Gasteiger partial charge < -0.3 is 20.1 Å². The first kappa shape index (κ1) is 16.3. The lowest BCUT2D eigenvalue weighted by atomic mass is 10.3. The van der Waals surface area contributed by atoms with E-state index in [-0.39, 0.29) is 0 Å². The maximum atomic E-state index is 5.62. The third kappa shape index (κ3) is 7.63. The van der Waals surface area contributed by atoms with Crippen LogP contribution in [-0.2, 0) is 4.74 Å². The summed E-state index contributed by atoms with van der Waals surface area (Å²) >= 11 is 0. The number of benzene rings is 1. The van der Waals surface area contributed by atoms with E-state index in [2.05, 4.69) is 15.6 Å². The van der Waals surface area contributed by atoms with E-state index in [1.807, 2.05) is 30.3 Å². The van der Waals surface area contributed by atoms with Gasteiger partial charge in [-0.1, -0.05) is 18.2 Å². The first-order chi connectivity index (χ1) is 9.86. The maximum absolute atomic E-state index is 5.62. The lowest BCUT2D eigenvalue weighted by molar-refractivity contribution is 0.195. The Kier molecular flexibility index (Phi) is 9.06. The Labute approximate surface area is 121 Å². The van der Waals surface area contributed by atoms with Crippen LogP contribution in [0.15, 0.2) is 35.3 Å².